The zero-order valence-corrected chi connectivity index (χ0v) is 36.3. The van der Waals surface area contributed by atoms with Gasteiger partial charge in [-0.1, -0.05) is 72.8 Å². The lowest BCUT2D eigenvalue weighted by atomic mass is 10.1. The van der Waals surface area contributed by atoms with Crippen molar-refractivity contribution in [3.05, 3.63) is 210 Å². The number of hydrogen-bond acceptors (Lipinski definition) is 9. The summed E-state index contributed by atoms with van der Waals surface area (Å²) in [6, 6.07) is 59.2. The van der Waals surface area contributed by atoms with Gasteiger partial charge in [-0.15, -0.1) is 0 Å². The van der Waals surface area contributed by atoms with E-state index in [0.29, 0.717) is 96.2 Å². The minimum atomic E-state index is -0.115. The first kappa shape index (κ1) is 39.5. The Morgan fingerprint density at radius 3 is 1.14 bits per heavy atom. The molecule has 0 saturated heterocycles. The van der Waals surface area contributed by atoms with Gasteiger partial charge in [0.2, 0.25) is 0 Å². The van der Waals surface area contributed by atoms with E-state index in [4.69, 9.17) is 38.9 Å². The van der Waals surface area contributed by atoms with Crippen molar-refractivity contribution in [1.29, 1.82) is 0 Å². The number of benzene rings is 8. The Bertz CT molecular complexity index is 4160. The van der Waals surface area contributed by atoms with Crippen LogP contribution in [0, 0.1) is 0 Å². The maximum absolute atomic E-state index is 12.1. The Hall–Kier alpha value is -9.88. The van der Waals surface area contributed by atoms with Gasteiger partial charge in [0.1, 0.15) is 85.5 Å². The van der Waals surface area contributed by atoms with E-state index in [0.717, 1.165) is 32.3 Å². The quantitative estimate of drug-likeness (QED) is 0.102. The number of para-hydroxylation sites is 4. The lowest BCUT2D eigenvalue weighted by molar-refractivity contribution is 0.416. The highest BCUT2D eigenvalue weighted by atomic mass is 16.5. The van der Waals surface area contributed by atoms with Crippen LogP contribution in [0.2, 0.25) is 0 Å². The molecule has 330 valence electrons. The number of phenols is 1. The Morgan fingerprint density at radius 2 is 0.652 bits per heavy atom. The van der Waals surface area contributed by atoms with Crippen molar-refractivity contribution in [2.24, 2.45) is 20.0 Å². The van der Waals surface area contributed by atoms with Gasteiger partial charge >= 0.3 is 0 Å². The van der Waals surface area contributed by atoms with Crippen molar-refractivity contribution in [3.63, 3.8) is 0 Å². The van der Waals surface area contributed by atoms with Crippen LogP contribution in [0.5, 0.6) is 51.7 Å². The Balaban J connectivity index is 1.10. The van der Waals surface area contributed by atoms with E-state index in [2.05, 4.69) is 19.9 Å². The predicted octanol–water partition coefficient (Wildman–Crippen LogP) is 12.6. The van der Waals surface area contributed by atoms with Crippen LogP contribution in [0.15, 0.2) is 208 Å². The average Bonchev–Trinajstić information content (AvgIpc) is 4.11. The number of nitrogens with one attached hydrogen (secondary N) is 4. The van der Waals surface area contributed by atoms with E-state index in [1.807, 2.05) is 182 Å². The summed E-state index contributed by atoms with van der Waals surface area (Å²) in [6.07, 6.45) is 0. The number of fused-ring (bicyclic) bond motifs is 20. The molecule has 5 N–H and O–H groups in total. The molecule has 0 saturated carbocycles. The number of hydrogen-bond donors (Lipinski definition) is 5. The van der Waals surface area contributed by atoms with E-state index >= 15 is 0 Å². The normalized spacial score (nSPS) is 12.0. The predicted molar refractivity (Wildman–Crippen MR) is 264 cm³/mol. The molecule has 0 spiro atoms. The number of ether oxygens (including phenoxy) is 4. The Kier molecular flexibility index (Phi) is 9.28. The maximum atomic E-state index is 12.1. The van der Waals surface area contributed by atoms with Crippen LogP contribution in [0.1, 0.15) is 0 Å². The van der Waals surface area contributed by atoms with Gasteiger partial charge in [0.25, 0.3) is 0 Å². The van der Waals surface area contributed by atoms with E-state index < -0.39 is 0 Å². The van der Waals surface area contributed by atoms with Crippen molar-refractivity contribution in [1.82, 2.24) is 19.9 Å². The SMILES string of the molecule is Oc1c(Oc2ccccc2)ccc2c3[nH]c(c12)N=c1[nH]c(c2cc(Oc4ccccc4)ccc12)=Nc1[nH]c(c2cc(Oc4ccccc4)ccc12)N=c1[nH]c(c2cc(Oc4ccccc4)ccc12)=N3. The molecule has 0 unspecified atom stereocenters. The van der Waals surface area contributed by atoms with Gasteiger partial charge in [0, 0.05) is 37.7 Å². The highest BCUT2D eigenvalue weighted by molar-refractivity contribution is 6.05. The second-order valence-corrected chi connectivity index (χ2v) is 16.4. The van der Waals surface area contributed by atoms with Crippen LogP contribution in [0.25, 0.3) is 43.1 Å². The number of aromatic hydroxyl groups is 1. The first-order valence-corrected chi connectivity index (χ1v) is 22.2. The highest BCUT2D eigenvalue weighted by Crippen LogP contribution is 2.45. The topological polar surface area (TPSA) is 170 Å². The van der Waals surface area contributed by atoms with Crippen molar-refractivity contribution >= 4 is 66.4 Å². The minimum Gasteiger partial charge on any atom is -0.504 e. The van der Waals surface area contributed by atoms with Gasteiger partial charge < -0.3 is 44.0 Å². The zero-order valence-electron chi connectivity index (χ0n) is 36.3. The second kappa shape index (κ2) is 16.2. The molecule has 12 aromatic rings. The summed E-state index contributed by atoms with van der Waals surface area (Å²) in [5.41, 5.74) is 2.00. The molecule has 0 atom stereocenters. The van der Waals surface area contributed by atoms with Gasteiger partial charge in [0.05, 0.1) is 5.39 Å². The number of aromatic amines is 4. The summed E-state index contributed by atoms with van der Waals surface area (Å²) in [4.78, 5) is 35.1. The number of phenolic OH excluding ortho intramolecular Hbond substituents is 1. The number of H-pyrrole nitrogens is 4. The summed E-state index contributed by atoms with van der Waals surface area (Å²) < 4.78 is 25.2. The summed E-state index contributed by atoms with van der Waals surface area (Å²) in [7, 11) is 0. The lowest BCUT2D eigenvalue weighted by Crippen LogP contribution is -2.10. The van der Waals surface area contributed by atoms with E-state index in [1.165, 1.54) is 0 Å². The fourth-order valence-electron chi connectivity index (χ4n) is 8.68. The summed E-state index contributed by atoms with van der Waals surface area (Å²) in [5, 5.41) is 17.7. The van der Waals surface area contributed by atoms with Crippen molar-refractivity contribution in [2.45, 2.75) is 0 Å². The smallest absolute Gasteiger partial charge is 0.170 e. The number of rotatable bonds is 8. The molecule has 13 rings (SSSR count). The van der Waals surface area contributed by atoms with Crippen molar-refractivity contribution < 1.29 is 24.1 Å². The first-order valence-electron chi connectivity index (χ1n) is 22.2. The zero-order chi connectivity index (χ0) is 45.8. The van der Waals surface area contributed by atoms with Crippen LogP contribution in [-0.2, 0) is 0 Å². The summed E-state index contributed by atoms with van der Waals surface area (Å²) in [5.74, 6) is 6.45. The van der Waals surface area contributed by atoms with Crippen LogP contribution in [0.3, 0.4) is 0 Å². The fraction of sp³-hybridized carbons (Fsp3) is 0. The number of aromatic nitrogens is 4. The molecule has 8 aromatic carbocycles. The Morgan fingerprint density at radius 1 is 0.290 bits per heavy atom. The lowest BCUT2D eigenvalue weighted by Gasteiger charge is -2.08. The average molecular weight is 901 g/mol. The molecule has 0 amide bonds. The largest absolute Gasteiger partial charge is 0.504 e. The maximum Gasteiger partial charge on any atom is 0.170 e. The molecular weight excluding hydrogens is 865 g/mol. The molecule has 69 heavy (non-hydrogen) atoms. The van der Waals surface area contributed by atoms with E-state index in [9.17, 15) is 5.11 Å². The molecule has 5 heterocycles. The molecule has 4 aromatic heterocycles. The summed E-state index contributed by atoms with van der Waals surface area (Å²) >= 11 is 0. The first-order chi connectivity index (χ1) is 34.0. The van der Waals surface area contributed by atoms with Crippen LogP contribution >= 0.6 is 0 Å². The van der Waals surface area contributed by atoms with Crippen LogP contribution in [0.4, 0.5) is 23.3 Å². The monoisotopic (exact) mass is 900 g/mol. The molecule has 0 fully saturated rings. The molecule has 13 nitrogen and oxygen atoms in total. The standard InChI is InChI=1S/C56H36N8O5/c65-48-46(69-35-19-11-4-12-20-35)28-27-42-47(48)56-63-51-41-26-23-38(68-34-17-9-3-10-18-34)31-45(41)54(61-51)59-49-39-24-21-36(66-32-13-5-1-6-14-32)29-43(39)53(57-49)58-50-40-25-22-37(67-33-15-7-2-8-16-33)30-44(40)55(60-50)62-52(42)64-56/h1-31,65H,(H4,57,58,59,60,61,62,63,64). The van der Waals surface area contributed by atoms with Gasteiger partial charge in [-0.3, -0.25) is 0 Å². The van der Waals surface area contributed by atoms with Gasteiger partial charge in [-0.05, 0) is 115 Å². The van der Waals surface area contributed by atoms with E-state index in [1.54, 1.807) is 6.07 Å². The third-order valence-electron chi connectivity index (χ3n) is 11.9. The Labute approximate surface area is 390 Å². The van der Waals surface area contributed by atoms with Crippen LogP contribution in [-0.4, -0.2) is 25.0 Å². The van der Waals surface area contributed by atoms with Gasteiger partial charge in [0.15, 0.2) is 11.5 Å². The minimum absolute atomic E-state index is 0.115. The summed E-state index contributed by atoms with van der Waals surface area (Å²) in [6.45, 7) is 0. The molecule has 1 aliphatic heterocycles. The highest BCUT2D eigenvalue weighted by Gasteiger charge is 2.21. The third-order valence-corrected chi connectivity index (χ3v) is 11.9. The van der Waals surface area contributed by atoms with Gasteiger partial charge in [-0.25, -0.2) is 20.0 Å². The van der Waals surface area contributed by atoms with Gasteiger partial charge in [-0.2, -0.15) is 0 Å². The molecule has 0 aliphatic carbocycles. The molecule has 1 aliphatic rings. The van der Waals surface area contributed by atoms with Crippen molar-refractivity contribution in [2.75, 3.05) is 0 Å². The van der Waals surface area contributed by atoms with E-state index in [-0.39, 0.29) is 11.5 Å². The van der Waals surface area contributed by atoms with Crippen molar-refractivity contribution in [3.8, 4) is 51.7 Å². The second-order valence-electron chi connectivity index (χ2n) is 16.4. The number of nitrogens with zero attached hydrogens (tertiary/aromatic N) is 4. The molecular formula is C56H36N8O5. The molecule has 0 radical (unpaired) electrons. The molecule has 8 bridgehead atoms. The van der Waals surface area contributed by atoms with Crippen LogP contribution < -0.4 is 40.9 Å². The fourth-order valence-corrected chi connectivity index (χ4v) is 8.68. The molecule has 13 heteroatoms. The third kappa shape index (κ3) is 7.32.